The summed E-state index contributed by atoms with van der Waals surface area (Å²) in [6, 6.07) is 8.74. The van der Waals surface area contributed by atoms with Gasteiger partial charge in [0.2, 0.25) is 5.91 Å². The van der Waals surface area contributed by atoms with Crippen LogP contribution in [0.25, 0.3) is 22.2 Å². The normalized spacial score (nSPS) is 28.7. The van der Waals surface area contributed by atoms with Crippen molar-refractivity contribution in [1.82, 2.24) is 30.2 Å². The maximum atomic E-state index is 14.3. The molecule has 6 bridgehead atoms. The number of thioether (sulfide) groups is 1. The highest BCUT2D eigenvalue weighted by Gasteiger charge is 2.46. The summed E-state index contributed by atoms with van der Waals surface area (Å²) in [5, 5.41) is 6.38. The molecule has 2 aromatic heterocycles. The van der Waals surface area contributed by atoms with Gasteiger partial charge in [0.1, 0.15) is 17.9 Å². The fraction of sp³-hybridized carbons (Fsp3) is 0.638. The Hall–Kier alpha value is -3.89. The molecule has 3 aromatic rings. The quantitative estimate of drug-likeness (QED) is 0.232. The maximum Gasteiger partial charge on any atom is 0.259 e. The first-order valence-corrected chi connectivity index (χ1v) is 23.8. The van der Waals surface area contributed by atoms with Crippen LogP contribution in [0.4, 0.5) is 10.1 Å². The number of carbonyl (C=O) groups excluding carboxylic acids is 3. The van der Waals surface area contributed by atoms with Crippen LogP contribution in [0.3, 0.4) is 0 Å². The number of piperazine rings is 1. The van der Waals surface area contributed by atoms with Crippen LogP contribution in [0, 0.1) is 17.3 Å². The van der Waals surface area contributed by atoms with Crippen LogP contribution in [0.5, 0.6) is 0 Å². The van der Waals surface area contributed by atoms with Crippen LogP contribution in [0.1, 0.15) is 95.2 Å². The van der Waals surface area contributed by atoms with Crippen LogP contribution in [0.2, 0.25) is 0 Å². The van der Waals surface area contributed by atoms with E-state index in [1.807, 2.05) is 6.20 Å². The Morgan fingerprint density at radius 2 is 1.97 bits per heavy atom. The smallest absolute Gasteiger partial charge is 0.259 e. The second kappa shape index (κ2) is 17.6. The SMILES string of the molecule is CCn1c(-c2cc(N3CCN(C4CC4)CC3)cnc2[C@H](C)OC)c2c3cc(ccc31)C1CSC(=N1)C[C@H](NC(=O)[C@@H]1C[C@H]1CF)C(=O)N1CCC[C@](C=O)(COCC(C)(C)C2)N1. The van der Waals surface area contributed by atoms with Crippen molar-refractivity contribution in [2.45, 2.75) is 109 Å². The molecule has 334 valence electrons. The summed E-state index contributed by atoms with van der Waals surface area (Å²) in [6.07, 6.45) is 7.73. The lowest BCUT2D eigenvalue weighted by Crippen LogP contribution is -2.66. The number of aryl methyl sites for hydroxylation is 1. The Balaban J connectivity index is 1.13. The van der Waals surface area contributed by atoms with Crippen molar-refractivity contribution in [2.75, 3.05) is 70.4 Å². The minimum atomic E-state index is -1.12. The number of halogens is 1. The van der Waals surface area contributed by atoms with Gasteiger partial charge in [0.15, 0.2) is 0 Å². The van der Waals surface area contributed by atoms with Crippen molar-refractivity contribution in [2.24, 2.45) is 22.2 Å². The molecule has 6 aliphatic rings. The number of aldehydes is 1. The summed E-state index contributed by atoms with van der Waals surface area (Å²) in [5.41, 5.74) is 9.40. The van der Waals surface area contributed by atoms with Crippen LogP contribution >= 0.6 is 11.8 Å². The molecule has 0 radical (unpaired) electrons. The number of methoxy groups -OCH3 is 1. The summed E-state index contributed by atoms with van der Waals surface area (Å²) in [5.74, 6) is -0.704. The number of hydrogen-bond donors (Lipinski definition) is 2. The number of ether oxygens (including phenoxy) is 2. The van der Waals surface area contributed by atoms with Gasteiger partial charge in [-0.15, -0.1) is 11.8 Å². The zero-order chi connectivity index (χ0) is 43.3. The number of nitrogens with one attached hydrogen (secondary N) is 2. The Bertz CT molecular complexity index is 2220. The average molecular weight is 871 g/mol. The molecule has 0 spiro atoms. The van der Waals surface area contributed by atoms with Crippen molar-refractivity contribution in [3.63, 3.8) is 0 Å². The van der Waals surface area contributed by atoms with E-state index in [0.29, 0.717) is 44.6 Å². The minimum absolute atomic E-state index is 0.0778. The summed E-state index contributed by atoms with van der Waals surface area (Å²) in [7, 11) is 1.74. The van der Waals surface area contributed by atoms with Crippen LogP contribution < -0.4 is 15.6 Å². The van der Waals surface area contributed by atoms with E-state index in [9.17, 15) is 18.8 Å². The molecule has 2 saturated heterocycles. The molecular weight excluding hydrogens is 808 g/mol. The number of hydrogen-bond acceptors (Lipinski definition) is 11. The van der Waals surface area contributed by atoms with Crippen LogP contribution in [0.15, 0.2) is 35.5 Å². The fourth-order valence-corrected chi connectivity index (χ4v) is 11.3. The molecule has 6 heterocycles. The standard InChI is InChI=1S/C47H63FN8O5S/c1-6-55-40-11-8-30-18-35(40)37(43(55)36-20-33(24-49-42(36)29(2)60-5)54-16-14-53(15-17-54)32-9-10-32)22-46(3,4)27-61-28-47(26-57)12-7-13-56(52-47)45(59)38(21-41-50-39(30)25-62-41)51-44(58)34-19-31(34)23-48/h8,11,18,20,24,26,29,31-32,34,38-39,52H,6-7,9-10,12-17,19,21-23,25,27-28H2,1-5H3,(H,51,58)/t29-,31-,34+,38-,39?,47-/m0/s1. The first-order chi connectivity index (χ1) is 29.9. The number of hydrazine groups is 1. The highest BCUT2D eigenvalue weighted by Crippen LogP contribution is 2.44. The first-order valence-electron chi connectivity index (χ1n) is 22.8. The predicted molar refractivity (Wildman–Crippen MR) is 241 cm³/mol. The summed E-state index contributed by atoms with van der Waals surface area (Å²) < 4.78 is 28.4. The molecule has 62 heavy (non-hydrogen) atoms. The number of benzene rings is 1. The van der Waals surface area contributed by atoms with Crippen molar-refractivity contribution >= 4 is 51.5 Å². The highest BCUT2D eigenvalue weighted by atomic mass is 32.2. The molecule has 2 saturated carbocycles. The molecule has 4 aliphatic heterocycles. The third kappa shape index (κ3) is 8.68. The van der Waals surface area contributed by atoms with Crippen LogP contribution in [-0.2, 0) is 36.8 Å². The van der Waals surface area contributed by atoms with Gasteiger partial charge >= 0.3 is 0 Å². The van der Waals surface area contributed by atoms with Crippen molar-refractivity contribution in [3.8, 4) is 11.3 Å². The molecule has 2 amide bonds. The second-order valence-corrected chi connectivity index (χ2v) is 20.4. The van der Waals surface area contributed by atoms with E-state index < -0.39 is 24.2 Å². The topological polar surface area (TPSA) is 134 Å². The first kappa shape index (κ1) is 43.4. The number of rotatable bonds is 10. The number of amides is 2. The van der Waals surface area contributed by atoms with E-state index in [1.165, 1.54) is 23.4 Å². The molecule has 2 aliphatic carbocycles. The zero-order valence-electron chi connectivity index (χ0n) is 37.0. The molecular formula is C47H63FN8O5S. The lowest BCUT2D eigenvalue weighted by Gasteiger charge is -2.41. The van der Waals surface area contributed by atoms with Crippen LogP contribution in [-0.4, -0.2) is 126 Å². The highest BCUT2D eigenvalue weighted by molar-refractivity contribution is 8.14. The number of carbonyl (C=O) groups is 3. The van der Waals surface area contributed by atoms with E-state index in [1.54, 1.807) is 18.9 Å². The molecule has 9 rings (SSSR count). The Morgan fingerprint density at radius 1 is 1.16 bits per heavy atom. The van der Waals surface area contributed by atoms with Gasteiger partial charge in [-0.05, 0) is 93.0 Å². The fourth-order valence-electron chi connectivity index (χ4n) is 10.2. The number of aromatic nitrogens is 2. The van der Waals surface area contributed by atoms with Gasteiger partial charge in [-0.25, -0.2) is 5.43 Å². The molecule has 4 fully saturated rings. The predicted octanol–water partition coefficient (Wildman–Crippen LogP) is 6.05. The van der Waals surface area contributed by atoms with Gasteiger partial charge in [-0.1, -0.05) is 19.9 Å². The van der Waals surface area contributed by atoms with Gasteiger partial charge in [-0.2, -0.15) is 0 Å². The number of aliphatic imine (C=N–C) groups is 1. The number of pyridine rings is 1. The third-order valence-corrected chi connectivity index (χ3v) is 15.1. The molecule has 1 aromatic carbocycles. The van der Waals surface area contributed by atoms with E-state index >= 15 is 0 Å². The molecule has 6 atom stereocenters. The Morgan fingerprint density at radius 3 is 2.68 bits per heavy atom. The second-order valence-electron chi connectivity index (χ2n) is 19.3. The van der Waals surface area contributed by atoms with Gasteiger partial charge in [0, 0.05) is 87.0 Å². The average Bonchev–Trinajstić information content (AvgIpc) is 4.22. The van der Waals surface area contributed by atoms with E-state index in [0.717, 1.165) is 89.2 Å². The monoisotopic (exact) mass is 870 g/mol. The Labute approximate surface area is 368 Å². The van der Waals surface area contributed by atoms with E-state index in [-0.39, 0.29) is 48.3 Å². The van der Waals surface area contributed by atoms with Gasteiger partial charge in [-0.3, -0.25) is 33.9 Å². The number of anilines is 1. The third-order valence-electron chi connectivity index (χ3n) is 14.1. The van der Waals surface area contributed by atoms with E-state index in [4.69, 9.17) is 19.5 Å². The van der Waals surface area contributed by atoms with Crippen molar-refractivity contribution < 1.29 is 28.2 Å². The number of nitrogens with zero attached hydrogens (tertiary/aromatic N) is 6. The minimum Gasteiger partial charge on any atom is -0.378 e. The maximum absolute atomic E-state index is 14.3. The number of fused-ring (bicyclic) bond motifs is 5. The molecule has 15 heteroatoms. The van der Waals surface area contributed by atoms with E-state index in [2.05, 4.69) is 77.1 Å². The molecule has 13 nitrogen and oxygen atoms in total. The summed E-state index contributed by atoms with van der Waals surface area (Å²) in [4.78, 5) is 56.1. The molecule has 1 unspecified atom stereocenters. The Kier molecular flexibility index (Phi) is 12.3. The largest absolute Gasteiger partial charge is 0.378 e. The lowest BCUT2D eigenvalue weighted by molar-refractivity contribution is -0.146. The van der Waals surface area contributed by atoms with Gasteiger partial charge in [0.25, 0.3) is 5.91 Å². The number of alkyl halides is 1. The molecule has 2 N–H and O–H groups in total. The lowest BCUT2D eigenvalue weighted by atomic mass is 9.84. The van der Waals surface area contributed by atoms with Gasteiger partial charge in [0.05, 0.1) is 60.3 Å². The summed E-state index contributed by atoms with van der Waals surface area (Å²) >= 11 is 1.61. The van der Waals surface area contributed by atoms with Gasteiger partial charge < -0.3 is 29.1 Å². The van der Waals surface area contributed by atoms with Crippen molar-refractivity contribution in [3.05, 3.63) is 47.3 Å². The summed E-state index contributed by atoms with van der Waals surface area (Å²) in [6.45, 7) is 13.7. The van der Waals surface area contributed by atoms with Crippen molar-refractivity contribution in [1.29, 1.82) is 0 Å². The zero-order valence-corrected chi connectivity index (χ0v) is 37.8.